The lowest BCUT2D eigenvalue weighted by Crippen LogP contribution is -2.07. The number of benzene rings is 1. The minimum Gasteiger partial charge on any atom is -0.354 e. The quantitative estimate of drug-likeness (QED) is 0.800. The van der Waals surface area contributed by atoms with Gasteiger partial charge in [-0.3, -0.25) is 4.57 Å². The Morgan fingerprint density at radius 1 is 1.15 bits per heavy atom. The van der Waals surface area contributed by atoms with Crippen LogP contribution >= 0.6 is 11.3 Å². The highest BCUT2D eigenvalue weighted by atomic mass is 32.1. The van der Waals surface area contributed by atoms with E-state index in [1.165, 1.54) is 0 Å². The Morgan fingerprint density at radius 3 is 2.65 bits per heavy atom. The summed E-state index contributed by atoms with van der Waals surface area (Å²) in [5, 5.41) is 13.1. The van der Waals surface area contributed by atoms with Crippen LogP contribution in [0.3, 0.4) is 0 Å². The van der Waals surface area contributed by atoms with Crippen LogP contribution in [0.4, 0.5) is 5.13 Å². The lowest BCUT2D eigenvalue weighted by Gasteiger charge is -2.10. The molecule has 0 saturated heterocycles. The number of nitrogens with one attached hydrogen (secondary N) is 1. The molecule has 20 heavy (non-hydrogen) atoms. The van der Waals surface area contributed by atoms with Crippen LogP contribution in [-0.2, 0) is 6.54 Å². The molecule has 0 unspecified atom stereocenters. The number of aromatic nitrogens is 4. The van der Waals surface area contributed by atoms with E-state index in [1.54, 1.807) is 11.3 Å². The van der Waals surface area contributed by atoms with Crippen molar-refractivity contribution in [2.45, 2.75) is 20.4 Å². The maximum absolute atomic E-state index is 4.40. The summed E-state index contributed by atoms with van der Waals surface area (Å²) in [6.45, 7) is 4.62. The van der Waals surface area contributed by atoms with E-state index in [2.05, 4.69) is 37.2 Å². The first-order chi connectivity index (χ1) is 9.74. The van der Waals surface area contributed by atoms with Crippen LogP contribution in [0.5, 0.6) is 0 Å². The summed E-state index contributed by atoms with van der Waals surface area (Å²) in [6, 6.07) is 10.2. The van der Waals surface area contributed by atoms with Crippen molar-refractivity contribution in [2.24, 2.45) is 0 Å². The Hall–Kier alpha value is -2.21. The zero-order valence-electron chi connectivity index (χ0n) is 11.4. The van der Waals surface area contributed by atoms with Gasteiger partial charge in [-0.15, -0.1) is 10.2 Å². The van der Waals surface area contributed by atoms with E-state index in [0.717, 1.165) is 27.3 Å². The molecule has 102 valence electrons. The van der Waals surface area contributed by atoms with Crippen LogP contribution in [0.1, 0.15) is 16.5 Å². The second-order valence-electron chi connectivity index (χ2n) is 4.45. The van der Waals surface area contributed by atoms with Crippen molar-refractivity contribution >= 4 is 16.5 Å². The Kier molecular flexibility index (Phi) is 3.47. The van der Waals surface area contributed by atoms with E-state index in [0.29, 0.717) is 6.54 Å². The Balaban J connectivity index is 1.84. The van der Waals surface area contributed by atoms with Gasteiger partial charge in [0.05, 0.1) is 18.4 Å². The number of anilines is 1. The Bertz CT molecular complexity index is 701. The fourth-order valence-corrected chi connectivity index (χ4v) is 2.67. The van der Waals surface area contributed by atoms with Crippen molar-refractivity contribution < 1.29 is 0 Å². The fraction of sp³-hybridized carbons (Fsp3) is 0.214. The highest BCUT2D eigenvalue weighted by molar-refractivity contribution is 7.15. The van der Waals surface area contributed by atoms with Crippen molar-refractivity contribution in [1.29, 1.82) is 0 Å². The molecule has 0 radical (unpaired) electrons. The summed E-state index contributed by atoms with van der Waals surface area (Å²) in [6.07, 6.45) is 1.89. The molecule has 0 amide bonds. The highest BCUT2D eigenvalue weighted by Gasteiger charge is 2.09. The second-order valence-corrected chi connectivity index (χ2v) is 5.63. The molecule has 2 heterocycles. The molecule has 6 heteroatoms. The van der Waals surface area contributed by atoms with Gasteiger partial charge in [-0.2, -0.15) is 0 Å². The first-order valence-electron chi connectivity index (χ1n) is 6.36. The van der Waals surface area contributed by atoms with Crippen molar-refractivity contribution in [1.82, 2.24) is 19.7 Å². The third kappa shape index (κ3) is 2.55. The van der Waals surface area contributed by atoms with E-state index >= 15 is 0 Å². The van der Waals surface area contributed by atoms with Crippen LogP contribution in [-0.4, -0.2) is 19.7 Å². The summed E-state index contributed by atoms with van der Waals surface area (Å²) in [7, 11) is 0. The average Bonchev–Trinajstić information content (AvgIpc) is 3.03. The number of para-hydroxylation sites is 1. The van der Waals surface area contributed by atoms with Gasteiger partial charge in [-0.1, -0.05) is 29.5 Å². The van der Waals surface area contributed by atoms with Crippen molar-refractivity contribution in [2.75, 3.05) is 5.32 Å². The van der Waals surface area contributed by atoms with Crippen LogP contribution in [0, 0.1) is 13.8 Å². The van der Waals surface area contributed by atoms with E-state index in [4.69, 9.17) is 0 Å². The van der Waals surface area contributed by atoms with Gasteiger partial charge in [0, 0.05) is 5.69 Å². The van der Waals surface area contributed by atoms with Gasteiger partial charge in [0.25, 0.3) is 0 Å². The van der Waals surface area contributed by atoms with Gasteiger partial charge in [-0.25, -0.2) is 4.98 Å². The molecule has 0 bridgehead atoms. The van der Waals surface area contributed by atoms with Gasteiger partial charge in [0.2, 0.25) is 5.13 Å². The lowest BCUT2D eigenvalue weighted by molar-refractivity contribution is 0.896. The summed E-state index contributed by atoms with van der Waals surface area (Å²) in [5.74, 6) is 0.974. The fourth-order valence-electron chi connectivity index (χ4n) is 2.08. The molecule has 5 nitrogen and oxygen atoms in total. The van der Waals surface area contributed by atoms with Gasteiger partial charge < -0.3 is 5.32 Å². The highest BCUT2D eigenvalue weighted by Crippen LogP contribution is 2.18. The number of hydrogen-bond donors (Lipinski definition) is 1. The first-order valence-corrected chi connectivity index (χ1v) is 7.18. The second kappa shape index (κ2) is 5.42. The molecule has 0 spiro atoms. The normalized spacial score (nSPS) is 10.7. The number of nitrogens with zero attached hydrogens (tertiary/aromatic N) is 4. The van der Waals surface area contributed by atoms with E-state index < -0.39 is 0 Å². The molecule has 0 aliphatic carbocycles. The molecule has 0 aliphatic rings. The Morgan fingerprint density at radius 2 is 1.95 bits per heavy atom. The molecule has 1 aromatic carbocycles. The first kappa shape index (κ1) is 12.8. The zero-order valence-corrected chi connectivity index (χ0v) is 12.2. The maximum Gasteiger partial charge on any atom is 0.205 e. The number of hydrogen-bond acceptors (Lipinski definition) is 5. The van der Waals surface area contributed by atoms with E-state index in [-0.39, 0.29) is 0 Å². The number of aryl methyl sites for hydroxylation is 2. The monoisotopic (exact) mass is 285 g/mol. The molecule has 3 rings (SSSR count). The smallest absolute Gasteiger partial charge is 0.205 e. The van der Waals surface area contributed by atoms with Crippen molar-refractivity contribution in [3.05, 3.63) is 53.1 Å². The lowest BCUT2D eigenvalue weighted by atomic mass is 10.3. The number of imidazole rings is 1. The zero-order chi connectivity index (χ0) is 13.9. The molecule has 0 saturated carbocycles. The van der Waals surface area contributed by atoms with E-state index in [1.807, 2.05) is 38.2 Å². The molecule has 1 N–H and O–H groups in total. The Labute approximate surface area is 121 Å². The minimum absolute atomic E-state index is 0.671. The summed E-state index contributed by atoms with van der Waals surface area (Å²) >= 11 is 1.55. The van der Waals surface area contributed by atoms with Crippen LogP contribution in [0.2, 0.25) is 0 Å². The summed E-state index contributed by atoms with van der Waals surface area (Å²) in [5.41, 5.74) is 2.22. The third-order valence-electron chi connectivity index (χ3n) is 2.97. The van der Waals surface area contributed by atoms with Crippen LogP contribution < -0.4 is 5.32 Å². The van der Waals surface area contributed by atoms with Gasteiger partial charge in [-0.05, 0) is 26.0 Å². The molecular weight excluding hydrogens is 270 g/mol. The SMILES string of the molecule is Cc1nnc(NCc2cnc(C)n2-c2ccccc2)s1. The van der Waals surface area contributed by atoms with Gasteiger partial charge >= 0.3 is 0 Å². The summed E-state index contributed by atoms with van der Waals surface area (Å²) < 4.78 is 2.14. The largest absolute Gasteiger partial charge is 0.354 e. The standard InChI is InChI=1S/C14H15N5S/c1-10-15-8-13(9-16-14-18-17-11(2)20-14)19(10)12-6-4-3-5-7-12/h3-8H,9H2,1-2H3,(H,16,18). The van der Waals surface area contributed by atoms with Crippen molar-refractivity contribution in [3.63, 3.8) is 0 Å². The van der Waals surface area contributed by atoms with Crippen molar-refractivity contribution in [3.8, 4) is 5.69 Å². The predicted molar refractivity (Wildman–Crippen MR) is 80.3 cm³/mol. The maximum atomic E-state index is 4.40. The molecular formula is C14H15N5S. The van der Waals surface area contributed by atoms with E-state index in [9.17, 15) is 0 Å². The minimum atomic E-state index is 0.671. The third-order valence-corrected chi connectivity index (χ3v) is 3.77. The molecule has 0 atom stereocenters. The predicted octanol–water partition coefficient (Wildman–Crippen LogP) is 2.95. The van der Waals surface area contributed by atoms with Crippen LogP contribution in [0.15, 0.2) is 36.5 Å². The molecule has 0 aliphatic heterocycles. The van der Waals surface area contributed by atoms with Gasteiger partial charge in [0.1, 0.15) is 10.8 Å². The molecule has 3 aromatic rings. The average molecular weight is 285 g/mol. The topological polar surface area (TPSA) is 55.6 Å². The summed E-state index contributed by atoms with van der Waals surface area (Å²) in [4.78, 5) is 4.40. The number of rotatable bonds is 4. The van der Waals surface area contributed by atoms with Gasteiger partial charge in [0.15, 0.2) is 0 Å². The molecule has 2 aromatic heterocycles. The van der Waals surface area contributed by atoms with Crippen LogP contribution in [0.25, 0.3) is 5.69 Å². The molecule has 0 fully saturated rings.